The number of hydrogen-bond donors (Lipinski definition) is 0. The Hall–Kier alpha value is -3.13. The number of nitrogens with zero attached hydrogens (tertiary/aromatic N) is 2. The van der Waals surface area contributed by atoms with Crippen LogP contribution in [0.3, 0.4) is 0 Å². The van der Waals surface area contributed by atoms with E-state index in [0.717, 1.165) is 5.56 Å². The molecule has 0 N–H and O–H groups in total. The van der Waals surface area contributed by atoms with Gasteiger partial charge >= 0.3 is 0 Å². The lowest BCUT2D eigenvalue weighted by molar-refractivity contribution is -0.385. The smallest absolute Gasteiger partial charge is 0.286 e. The van der Waals surface area contributed by atoms with Crippen molar-refractivity contribution in [2.75, 3.05) is 20.4 Å². The molecule has 2 aromatic carbocycles. The van der Waals surface area contributed by atoms with Crippen molar-refractivity contribution in [3.05, 3.63) is 63.7 Å². The second kappa shape index (κ2) is 8.71. The van der Waals surface area contributed by atoms with E-state index in [1.54, 1.807) is 0 Å². The van der Waals surface area contributed by atoms with Crippen LogP contribution in [0.4, 0.5) is 5.69 Å². The summed E-state index contributed by atoms with van der Waals surface area (Å²) in [7, 11) is 1.43. The minimum atomic E-state index is -0.583. The van der Waals surface area contributed by atoms with Crippen molar-refractivity contribution >= 4 is 11.6 Å². The zero-order valence-corrected chi connectivity index (χ0v) is 15.8. The van der Waals surface area contributed by atoms with Crippen molar-refractivity contribution in [3.8, 4) is 11.5 Å². The zero-order chi connectivity index (χ0) is 20.1. The van der Waals surface area contributed by atoms with Crippen LogP contribution < -0.4 is 9.47 Å². The van der Waals surface area contributed by atoms with Crippen LogP contribution in [0.15, 0.2) is 42.5 Å². The first kappa shape index (κ1) is 19.6. The molecule has 28 heavy (non-hydrogen) atoms. The molecule has 1 saturated heterocycles. The van der Waals surface area contributed by atoms with E-state index in [0.29, 0.717) is 13.0 Å². The quantitative estimate of drug-likeness (QED) is 0.535. The van der Waals surface area contributed by atoms with Crippen molar-refractivity contribution in [1.82, 2.24) is 4.90 Å². The highest BCUT2D eigenvalue weighted by molar-refractivity contribution is 5.99. The average molecular weight is 386 g/mol. The van der Waals surface area contributed by atoms with E-state index < -0.39 is 10.8 Å². The Morgan fingerprint density at radius 3 is 2.68 bits per heavy atom. The van der Waals surface area contributed by atoms with Gasteiger partial charge in [0.1, 0.15) is 18.9 Å². The van der Waals surface area contributed by atoms with Crippen molar-refractivity contribution in [1.29, 1.82) is 0 Å². The Balaban J connectivity index is 1.92. The van der Waals surface area contributed by atoms with E-state index in [1.165, 1.54) is 24.1 Å². The summed E-state index contributed by atoms with van der Waals surface area (Å²) in [5.41, 5.74) is 0.542. The number of carbonyl (C=O) groups excluding carboxylic acids is 1. The van der Waals surface area contributed by atoms with Crippen LogP contribution in [0.2, 0.25) is 0 Å². The number of benzene rings is 2. The summed E-state index contributed by atoms with van der Waals surface area (Å²) < 4.78 is 16.4. The average Bonchev–Trinajstić information content (AvgIpc) is 3.20. The predicted molar refractivity (Wildman–Crippen MR) is 101 cm³/mol. The highest BCUT2D eigenvalue weighted by Gasteiger charge is 2.34. The second-order valence-electron chi connectivity index (χ2n) is 6.39. The molecule has 0 bridgehead atoms. The zero-order valence-electron chi connectivity index (χ0n) is 15.8. The molecule has 8 heteroatoms. The number of rotatable bonds is 7. The van der Waals surface area contributed by atoms with Crippen LogP contribution in [-0.4, -0.2) is 42.2 Å². The molecule has 8 nitrogen and oxygen atoms in total. The fourth-order valence-electron chi connectivity index (χ4n) is 3.08. The molecular weight excluding hydrogens is 364 g/mol. The molecule has 2 aromatic rings. The third-order valence-electron chi connectivity index (χ3n) is 4.66. The minimum Gasteiger partial charge on any atom is -0.493 e. The van der Waals surface area contributed by atoms with Crippen LogP contribution in [-0.2, 0) is 11.3 Å². The van der Waals surface area contributed by atoms with Gasteiger partial charge in [-0.15, -0.1) is 0 Å². The maximum Gasteiger partial charge on any atom is 0.286 e. The number of hydrogen-bond acceptors (Lipinski definition) is 6. The van der Waals surface area contributed by atoms with E-state index in [9.17, 15) is 14.9 Å². The van der Waals surface area contributed by atoms with Gasteiger partial charge in [0.2, 0.25) is 0 Å². The Labute approximate surface area is 162 Å². The third kappa shape index (κ3) is 4.07. The molecule has 148 valence electrons. The van der Waals surface area contributed by atoms with Crippen molar-refractivity contribution in [3.63, 3.8) is 0 Å². The Morgan fingerprint density at radius 1 is 1.29 bits per heavy atom. The van der Waals surface area contributed by atoms with Gasteiger partial charge in [0.15, 0.2) is 11.5 Å². The standard InChI is InChI=1S/C20H22N2O6/c1-3-15-12-27-13-21(15)20(23)16-9-18(26-2)19(10-17(16)22(24)25)28-11-14-7-5-4-6-8-14/h4-10,15H,3,11-13H2,1-2H3/t15-/m1/s1. The van der Waals surface area contributed by atoms with Gasteiger partial charge in [-0.3, -0.25) is 14.9 Å². The summed E-state index contributed by atoms with van der Waals surface area (Å²) in [4.78, 5) is 25.5. The molecular formula is C20H22N2O6. The van der Waals surface area contributed by atoms with Gasteiger partial charge in [-0.05, 0) is 12.0 Å². The summed E-state index contributed by atoms with van der Waals surface area (Å²) >= 11 is 0. The molecule has 1 heterocycles. The molecule has 0 spiro atoms. The monoisotopic (exact) mass is 386 g/mol. The first-order valence-corrected chi connectivity index (χ1v) is 8.97. The highest BCUT2D eigenvalue weighted by Crippen LogP contribution is 2.36. The van der Waals surface area contributed by atoms with Crippen molar-refractivity contribution in [2.24, 2.45) is 0 Å². The molecule has 1 aliphatic rings. The molecule has 0 saturated carbocycles. The van der Waals surface area contributed by atoms with E-state index >= 15 is 0 Å². The number of amides is 1. The maximum absolute atomic E-state index is 12.9. The van der Waals surface area contributed by atoms with E-state index in [1.807, 2.05) is 37.3 Å². The Kier molecular flexibility index (Phi) is 6.10. The van der Waals surface area contributed by atoms with Crippen molar-refractivity contribution < 1.29 is 23.9 Å². The van der Waals surface area contributed by atoms with Gasteiger partial charge in [-0.1, -0.05) is 37.3 Å². The van der Waals surface area contributed by atoms with Crippen LogP contribution in [0.1, 0.15) is 29.3 Å². The summed E-state index contributed by atoms with van der Waals surface area (Å²) in [5, 5.41) is 11.6. The topological polar surface area (TPSA) is 91.1 Å². The number of nitro groups is 1. The van der Waals surface area contributed by atoms with E-state index in [4.69, 9.17) is 14.2 Å². The first-order chi connectivity index (χ1) is 13.5. The van der Waals surface area contributed by atoms with Crippen LogP contribution in [0.5, 0.6) is 11.5 Å². The molecule has 1 atom stereocenters. The molecule has 0 radical (unpaired) electrons. The van der Waals surface area contributed by atoms with E-state index in [-0.39, 0.29) is 42.1 Å². The molecule has 0 aromatic heterocycles. The van der Waals surface area contributed by atoms with Gasteiger partial charge in [0.25, 0.3) is 11.6 Å². The summed E-state index contributed by atoms with van der Waals surface area (Å²) in [6.07, 6.45) is 0.703. The van der Waals surface area contributed by atoms with Crippen molar-refractivity contribution in [2.45, 2.75) is 26.0 Å². The van der Waals surface area contributed by atoms with Crippen LogP contribution >= 0.6 is 0 Å². The minimum absolute atomic E-state index is 0.0436. The molecule has 1 aliphatic heterocycles. The van der Waals surface area contributed by atoms with Gasteiger partial charge in [-0.25, -0.2) is 0 Å². The van der Waals surface area contributed by atoms with Crippen LogP contribution in [0.25, 0.3) is 0 Å². The second-order valence-corrected chi connectivity index (χ2v) is 6.39. The van der Waals surface area contributed by atoms with Gasteiger partial charge < -0.3 is 19.1 Å². The van der Waals surface area contributed by atoms with Crippen LogP contribution in [0, 0.1) is 10.1 Å². The molecule has 1 amide bonds. The van der Waals surface area contributed by atoms with Gasteiger partial charge in [-0.2, -0.15) is 0 Å². The molecule has 0 aliphatic carbocycles. The molecule has 0 unspecified atom stereocenters. The molecule has 3 rings (SSSR count). The van der Waals surface area contributed by atoms with E-state index in [2.05, 4.69) is 0 Å². The molecule has 1 fully saturated rings. The Bertz CT molecular complexity index is 855. The maximum atomic E-state index is 12.9. The summed E-state index contributed by atoms with van der Waals surface area (Å²) in [6, 6.07) is 11.9. The lowest BCUT2D eigenvalue weighted by atomic mass is 10.1. The fraction of sp³-hybridized carbons (Fsp3) is 0.350. The fourth-order valence-corrected chi connectivity index (χ4v) is 3.08. The van der Waals surface area contributed by atoms with Gasteiger partial charge in [0, 0.05) is 6.07 Å². The first-order valence-electron chi connectivity index (χ1n) is 8.97. The number of methoxy groups -OCH3 is 1. The number of carbonyl (C=O) groups is 1. The normalized spacial score (nSPS) is 16.1. The van der Waals surface area contributed by atoms with Gasteiger partial charge in [0.05, 0.1) is 30.7 Å². The number of nitro benzene ring substituents is 1. The third-order valence-corrected chi connectivity index (χ3v) is 4.66. The lowest BCUT2D eigenvalue weighted by Crippen LogP contribution is -2.36. The summed E-state index contributed by atoms with van der Waals surface area (Å²) in [5.74, 6) is 0.0151. The predicted octanol–water partition coefficient (Wildman–Crippen LogP) is 3.39. The number of ether oxygens (including phenoxy) is 3. The highest BCUT2D eigenvalue weighted by atomic mass is 16.6. The largest absolute Gasteiger partial charge is 0.493 e. The SMILES string of the molecule is CC[C@@H]1COCN1C(=O)c1cc(OC)c(OCc2ccccc2)cc1[N+](=O)[O-]. The Morgan fingerprint density at radius 2 is 2.04 bits per heavy atom. The lowest BCUT2D eigenvalue weighted by Gasteiger charge is -2.22. The summed E-state index contributed by atoms with van der Waals surface area (Å²) in [6.45, 7) is 2.70.